The molecule has 1 N–H and O–H groups in total. The van der Waals surface area contributed by atoms with Crippen molar-refractivity contribution < 1.29 is 9.18 Å². The summed E-state index contributed by atoms with van der Waals surface area (Å²) in [5, 5.41) is 3.07. The first-order valence-electron chi connectivity index (χ1n) is 8.47. The van der Waals surface area contributed by atoms with Gasteiger partial charge < -0.3 is 10.2 Å². The number of hydrogen-bond donors (Lipinski definition) is 1. The average molecular weight is 304 g/mol. The van der Waals surface area contributed by atoms with Crippen LogP contribution in [0, 0.1) is 5.82 Å². The highest BCUT2D eigenvalue weighted by Crippen LogP contribution is 2.48. The van der Waals surface area contributed by atoms with Crippen molar-refractivity contribution in [1.29, 1.82) is 0 Å². The summed E-state index contributed by atoms with van der Waals surface area (Å²) in [6.45, 7) is 4.37. The summed E-state index contributed by atoms with van der Waals surface area (Å²) in [4.78, 5) is 14.9. The third kappa shape index (κ3) is 3.49. The first-order valence-corrected chi connectivity index (χ1v) is 8.47. The Morgan fingerprint density at radius 2 is 1.82 bits per heavy atom. The second-order valence-corrected chi connectivity index (χ2v) is 6.60. The normalized spacial score (nSPS) is 20.0. The smallest absolute Gasteiger partial charge is 0.230 e. The maximum absolute atomic E-state index is 13.0. The Kier molecular flexibility index (Phi) is 4.77. The predicted octanol–water partition coefficient (Wildman–Crippen LogP) is 2.85. The van der Waals surface area contributed by atoms with Crippen molar-refractivity contribution >= 4 is 5.91 Å². The highest BCUT2D eigenvalue weighted by molar-refractivity contribution is 5.91. The van der Waals surface area contributed by atoms with Gasteiger partial charge >= 0.3 is 0 Å². The molecule has 0 radical (unpaired) electrons. The first kappa shape index (κ1) is 15.5. The van der Waals surface area contributed by atoms with Crippen LogP contribution in [-0.2, 0) is 10.2 Å². The summed E-state index contributed by atoms with van der Waals surface area (Å²) in [6, 6.07) is 6.38. The minimum absolute atomic E-state index is 0.111. The van der Waals surface area contributed by atoms with E-state index in [2.05, 4.69) is 10.2 Å². The van der Waals surface area contributed by atoms with Crippen LogP contribution in [0.1, 0.15) is 44.1 Å². The van der Waals surface area contributed by atoms with Crippen molar-refractivity contribution in [1.82, 2.24) is 10.2 Å². The van der Waals surface area contributed by atoms with Crippen LogP contribution in [0.25, 0.3) is 0 Å². The van der Waals surface area contributed by atoms with Gasteiger partial charge in [0.2, 0.25) is 5.91 Å². The van der Waals surface area contributed by atoms with E-state index in [9.17, 15) is 9.18 Å². The molecule has 1 aliphatic carbocycles. The second kappa shape index (κ2) is 6.78. The molecule has 1 heterocycles. The molecule has 1 saturated heterocycles. The SMILES string of the molecule is O=C(NCCCCN1CCCC1)C1(c2ccc(F)cc2)CC1. The quantitative estimate of drug-likeness (QED) is 0.786. The lowest BCUT2D eigenvalue weighted by molar-refractivity contribution is -0.123. The Hall–Kier alpha value is -1.42. The number of nitrogens with one attached hydrogen (secondary N) is 1. The maximum Gasteiger partial charge on any atom is 0.230 e. The van der Waals surface area contributed by atoms with Gasteiger partial charge in [0.1, 0.15) is 5.82 Å². The highest BCUT2D eigenvalue weighted by atomic mass is 19.1. The highest BCUT2D eigenvalue weighted by Gasteiger charge is 2.50. The lowest BCUT2D eigenvalue weighted by Gasteiger charge is -2.17. The molecule has 4 heteroatoms. The molecule has 3 rings (SSSR count). The van der Waals surface area contributed by atoms with Crippen molar-refractivity contribution in [3.8, 4) is 0 Å². The molecule has 1 saturated carbocycles. The molecule has 1 aromatic carbocycles. The monoisotopic (exact) mass is 304 g/mol. The number of unbranched alkanes of at least 4 members (excludes halogenated alkanes) is 1. The third-order valence-corrected chi connectivity index (χ3v) is 4.97. The topological polar surface area (TPSA) is 32.3 Å². The predicted molar refractivity (Wildman–Crippen MR) is 85.2 cm³/mol. The van der Waals surface area contributed by atoms with Gasteiger partial charge in [0.25, 0.3) is 0 Å². The van der Waals surface area contributed by atoms with Crippen LogP contribution >= 0.6 is 0 Å². The lowest BCUT2D eigenvalue weighted by atomic mass is 9.95. The molecule has 0 bridgehead atoms. The zero-order valence-corrected chi connectivity index (χ0v) is 13.1. The first-order chi connectivity index (χ1) is 10.7. The van der Waals surface area contributed by atoms with E-state index in [0.29, 0.717) is 0 Å². The molecule has 0 aromatic heterocycles. The van der Waals surface area contributed by atoms with Crippen molar-refractivity contribution in [3.05, 3.63) is 35.6 Å². The van der Waals surface area contributed by atoms with Gasteiger partial charge in [0.05, 0.1) is 5.41 Å². The van der Waals surface area contributed by atoms with Gasteiger partial charge in [-0.15, -0.1) is 0 Å². The van der Waals surface area contributed by atoms with Crippen molar-refractivity contribution in [2.24, 2.45) is 0 Å². The zero-order valence-electron chi connectivity index (χ0n) is 13.1. The molecule has 0 atom stereocenters. The van der Waals surface area contributed by atoms with Gasteiger partial charge in [-0.3, -0.25) is 4.79 Å². The van der Waals surface area contributed by atoms with Crippen LogP contribution in [0.5, 0.6) is 0 Å². The largest absolute Gasteiger partial charge is 0.355 e. The molecular formula is C18H25FN2O. The van der Waals surface area contributed by atoms with Crippen LogP contribution in [0.3, 0.4) is 0 Å². The number of carbonyl (C=O) groups excluding carboxylic acids is 1. The number of nitrogens with zero attached hydrogens (tertiary/aromatic N) is 1. The van der Waals surface area contributed by atoms with E-state index in [1.807, 2.05) is 0 Å². The minimum Gasteiger partial charge on any atom is -0.355 e. The molecule has 1 aliphatic heterocycles. The third-order valence-electron chi connectivity index (χ3n) is 4.97. The standard InChI is InChI=1S/C18H25FN2O/c19-16-7-5-15(6-8-16)18(9-10-18)17(22)20-11-1-2-12-21-13-3-4-14-21/h5-8H,1-4,9-14H2,(H,20,22). The summed E-state index contributed by atoms with van der Waals surface area (Å²) >= 11 is 0. The number of benzene rings is 1. The van der Waals surface area contributed by atoms with Gasteiger partial charge in [-0.05, 0) is 75.9 Å². The van der Waals surface area contributed by atoms with E-state index in [1.165, 1.54) is 38.1 Å². The maximum atomic E-state index is 13.0. The lowest BCUT2D eigenvalue weighted by Crippen LogP contribution is -2.35. The van der Waals surface area contributed by atoms with Crippen LogP contribution in [-0.4, -0.2) is 37.0 Å². The molecule has 1 amide bonds. The number of rotatable bonds is 7. The molecule has 2 aliphatic rings. The Morgan fingerprint density at radius 3 is 2.45 bits per heavy atom. The number of amides is 1. The zero-order chi connectivity index (χ0) is 15.4. The fraction of sp³-hybridized carbons (Fsp3) is 0.611. The Morgan fingerprint density at radius 1 is 1.14 bits per heavy atom. The van der Waals surface area contributed by atoms with Crippen LogP contribution in [0.15, 0.2) is 24.3 Å². The Bertz CT molecular complexity index is 504. The van der Waals surface area contributed by atoms with Gasteiger partial charge in [-0.1, -0.05) is 12.1 Å². The van der Waals surface area contributed by atoms with Gasteiger partial charge in [-0.25, -0.2) is 4.39 Å². The summed E-state index contributed by atoms with van der Waals surface area (Å²) in [5.74, 6) is -0.137. The summed E-state index contributed by atoms with van der Waals surface area (Å²) in [7, 11) is 0. The second-order valence-electron chi connectivity index (χ2n) is 6.60. The number of carbonyl (C=O) groups is 1. The Labute approximate surface area is 131 Å². The van der Waals surface area contributed by atoms with Crippen molar-refractivity contribution in [3.63, 3.8) is 0 Å². The fourth-order valence-corrected chi connectivity index (χ4v) is 3.38. The molecule has 120 valence electrons. The van der Waals surface area contributed by atoms with E-state index in [-0.39, 0.29) is 17.1 Å². The number of likely N-dealkylation sites (tertiary alicyclic amines) is 1. The summed E-state index contributed by atoms with van der Waals surface area (Å²) in [6.07, 6.45) is 6.58. The molecule has 1 aromatic rings. The molecule has 2 fully saturated rings. The van der Waals surface area contributed by atoms with Gasteiger partial charge in [0.15, 0.2) is 0 Å². The molecular weight excluding hydrogens is 279 g/mol. The van der Waals surface area contributed by atoms with E-state index < -0.39 is 0 Å². The fourth-order valence-electron chi connectivity index (χ4n) is 3.38. The van der Waals surface area contributed by atoms with Crippen molar-refractivity contribution in [2.75, 3.05) is 26.2 Å². The van der Waals surface area contributed by atoms with Crippen LogP contribution in [0.4, 0.5) is 4.39 Å². The Balaban J connectivity index is 1.41. The van der Waals surface area contributed by atoms with E-state index in [0.717, 1.165) is 44.3 Å². The summed E-state index contributed by atoms with van der Waals surface area (Å²) < 4.78 is 13.0. The minimum atomic E-state index is -0.386. The number of halogens is 1. The molecule has 22 heavy (non-hydrogen) atoms. The summed E-state index contributed by atoms with van der Waals surface area (Å²) in [5.41, 5.74) is 0.561. The number of hydrogen-bond acceptors (Lipinski definition) is 2. The average Bonchev–Trinajstić information content (AvgIpc) is 3.17. The van der Waals surface area contributed by atoms with Crippen LogP contribution < -0.4 is 5.32 Å². The van der Waals surface area contributed by atoms with E-state index >= 15 is 0 Å². The van der Waals surface area contributed by atoms with Gasteiger partial charge in [0, 0.05) is 6.54 Å². The van der Waals surface area contributed by atoms with Gasteiger partial charge in [-0.2, -0.15) is 0 Å². The van der Waals surface area contributed by atoms with Crippen LogP contribution in [0.2, 0.25) is 0 Å². The van der Waals surface area contributed by atoms with E-state index in [1.54, 1.807) is 12.1 Å². The molecule has 3 nitrogen and oxygen atoms in total. The van der Waals surface area contributed by atoms with E-state index in [4.69, 9.17) is 0 Å². The molecule has 0 unspecified atom stereocenters. The molecule has 0 spiro atoms. The van der Waals surface area contributed by atoms with Crippen molar-refractivity contribution in [2.45, 2.75) is 43.9 Å².